The smallest absolute Gasteiger partial charge is 0.203 e. The van der Waals surface area contributed by atoms with Crippen LogP contribution in [-0.4, -0.2) is 21.3 Å². The molecule has 0 bridgehead atoms. The summed E-state index contributed by atoms with van der Waals surface area (Å²) in [6.07, 6.45) is 8.07. The average molecular weight is 413 g/mol. The van der Waals surface area contributed by atoms with Gasteiger partial charge in [-0.25, -0.2) is 4.57 Å². The molecule has 0 spiro atoms. The molecule has 0 aliphatic rings. The topological polar surface area (TPSA) is 31.6 Å². The van der Waals surface area contributed by atoms with E-state index in [4.69, 9.17) is 14.2 Å². The van der Waals surface area contributed by atoms with E-state index in [1.807, 2.05) is 48.3 Å². The molecule has 22 heavy (non-hydrogen) atoms. The van der Waals surface area contributed by atoms with Gasteiger partial charge in [0, 0.05) is 12.1 Å². The Hall–Kier alpha value is -1.76. The number of benzene rings is 1. The molecule has 4 nitrogen and oxygen atoms in total. The molecule has 0 aliphatic carbocycles. The molecule has 0 saturated carbocycles. The van der Waals surface area contributed by atoms with Crippen LogP contribution in [0.15, 0.2) is 36.7 Å². The highest BCUT2D eigenvalue weighted by molar-refractivity contribution is 5.72. The number of aryl methyl sites for hydroxylation is 1. The molecule has 0 saturated heterocycles. The fraction of sp³-hybridized carbons (Fsp3) is 0.235. The Bertz CT molecular complexity index is 614. The molecule has 5 heteroatoms. The number of ether oxygens (including phenoxy) is 3. The zero-order valence-corrected chi connectivity index (χ0v) is 15.3. The van der Waals surface area contributed by atoms with Crippen LogP contribution in [0.2, 0.25) is 0 Å². The van der Waals surface area contributed by atoms with Crippen molar-refractivity contribution < 1.29 is 42.8 Å². The molecule has 0 atom stereocenters. The highest BCUT2D eigenvalue weighted by atomic mass is 127. The van der Waals surface area contributed by atoms with Crippen molar-refractivity contribution in [3.8, 4) is 17.2 Å². The van der Waals surface area contributed by atoms with E-state index in [-0.39, 0.29) is 24.0 Å². The third-order valence-electron chi connectivity index (χ3n) is 3.16. The molecule has 0 unspecified atom stereocenters. The summed E-state index contributed by atoms with van der Waals surface area (Å²) in [4.78, 5) is 0. The maximum absolute atomic E-state index is 5.34. The Morgan fingerprint density at radius 1 is 0.818 bits per heavy atom. The quantitative estimate of drug-likeness (QED) is 0.499. The van der Waals surface area contributed by atoms with Gasteiger partial charge in [0.1, 0.15) is 7.05 Å². The van der Waals surface area contributed by atoms with Crippen molar-refractivity contribution in [3.63, 3.8) is 0 Å². The zero-order chi connectivity index (χ0) is 15.2. The number of nitrogens with zero attached hydrogens (tertiary/aromatic N) is 1. The molecule has 1 aromatic heterocycles. The van der Waals surface area contributed by atoms with Crippen LogP contribution in [-0.2, 0) is 7.05 Å². The molecule has 2 aromatic rings. The first kappa shape index (κ1) is 18.3. The largest absolute Gasteiger partial charge is 1.00 e. The normalized spacial score (nSPS) is 10.2. The molecule has 2 rings (SSSR count). The fourth-order valence-corrected chi connectivity index (χ4v) is 2.01. The van der Waals surface area contributed by atoms with Gasteiger partial charge in [0.15, 0.2) is 23.9 Å². The average Bonchev–Trinajstić information content (AvgIpc) is 2.53. The summed E-state index contributed by atoms with van der Waals surface area (Å²) in [6, 6.07) is 7.94. The van der Waals surface area contributed by atoms with Crippen molar-refractivity contribution in [3.05, 3.63) is 47.8 Å². The molecule has 0 radical (unpaired) electrons. The lowest BCUT2D eigenvalue weighted by Crippen LogP contribution is -3.00. The van der Waals surface area contributed by atoms with E-state index in [0.29, 0.717) is 17.2 Å². The molecule has 118 valence electrons. The summed E-state index contributed by atoms with van der Waals surface area (Å²) in [7, 11) is 6.82. The van der Waals surface area contributed by atoms with Crippen LogP contribution < -0.4 is 42.8 Å². The van der Waals surface area contributed by atoms with E-state index in [1.165, 1.54) is 0 Å². The van der Waals surface area contributed by atoms with Gasteiger partial charge in [-0.15, -0.1) is 0 Å². The third kappa shape index (κ3) is 4.37. The highest BCUT2D eigenvalue weighted by Crippen LogP contribution is 2.38. The third-order valence-corrected chi connectivity index (χ3v) is 3.16. The van der Waals surface area contributed by atoms with E-state index in [9.17, 15) is 0 Å². The van der Waals surface area contributed by atoms with Crippen LogP contribution in [0.1, 0.15) is 11.1 Å². The summed E-state index contributed by atoms with van der Waals surface area (Å²) in [5.41, 5.74) is 2.11. The SMILES string of the molecule is COc1cc(/C=C/c2cc[n+](C)cc2)cc(OC)c1OC.[I-]. The number of methoxy groups -OCH3 is 3. The second-order valence-corrected chi connectivity index (χ2v) is 4.59. The van der Waals surface area contributed by atoms with Gasteiger partial charge in [-0.05, 0) is 23.3 Å². The van der Waals surface area contributed by atoms with Crippen molar-refractivity contribution in [2.45, 2.75) is 0 Å². The van der Waals surface area contributed by atoms with Crippen LogP contribution in [0.4, 0.5) is 0 Å². The summed E-state index contributed by atoms with van der Waals surface area (Å²) < 4.78 is 18.0. The predicted octanol–water partition coefficient (Wildman–Crippen LogP) is -0.289. The summed E-state index contributed by atoms with van der Waals surface area (Å²) in [5.74, 6) is 1.90. The molecule has 0 fully saturated rings. The lowest BCUT2D eigenvalue weighted by molar-refractivity contribution is -0.671. The number of pyridine rings is 1. The Labute approximate surface area is 148 Å². The Morgan fingerprint density at radius 3 is 1.77 bits per heavy atom. The Morgan fingerprint density at radius 2 is 1.32 bits per heavy atom. The van der Waals surface area contributed by atoms with Crippen LogP contribution >= 0.6 is 0 Å². The van der Waals surface area contributed by atoms with Crippen LogP contribution in [0.3, 0.4) is 0 Å². The zero-order valence-electron chi connectivity index (χ0n) is 13.2. The second kappa shape index (κ2) is 8.63. The van der Waals surface area contributed by atoms with Crippen LogP contribution in [0.25, 0.3) is 12.2 Å². The van der Waals surface area contributed by atoms with Crippen LogP contribution in [0.5, 0.6) is 17.2 Å². The lowest BCUT2D eigenvalue weighted by atomic mass is 10.1. The van der Waals surface area contributed by atoms with Gasteiger partial charge < -0.3 is 38.2 Å². The number of halogens is 1. The van der Waals surface area contributed by atoms with Crippen molar-refractivity contribution in [1.29, 1.82) is 0 Å². The van der Waals surface area contributed by atoms with E-state index in [1.54, 1.807) is 21.3 Å². The van der Waals surface area contributed by atoms with Gasteiger partial charge in [0.25, 0.3) is 0 Å². The van der Waals surface area contributed by atoms with E-state index in [2.05, 4.69) is 12.1 Å². The van der Waals surface area contributed by atoms with Crippen molar-refractivity contribution in [2.24, 2.45) is 7.05 Å². The molecule has 0 N–H and O–H groups in total. The summed E-state index contributed by atoms with van der Waals surface area (Å²) >= 11 is 0. The molecular formula is C17H20INO3. The van der Waals surface area contributed by atoms with Gasteiger partial charge in [-0.1, -0.05) is 12.2 Å². The van der Waals surface area contributed by atoms with E-state index >= 15 is 0 Å². The number of hydrogen-bond acceptors (Lipinski definition) is 3. The highest BCUT2D eigenvalue weighted by Gasteiger charge is 2.11. The minimum Gasteiger partial charge on any atom is -1.00 e. The minimum absolute atomic E-state index is 0. The standard InChI is InChI=1S/C17H20NO3.HI/c1-18-9-7-13(8-10-18)5-6-14-11-15(19-2)17(21-4)16(12-14)20-3;/h5-12H,1-4H3;1H/q+1;/p-1/b6-5+;. The maximum Gasteiger partial charge on any atom is 0.203 e. The number of rotatable bonds is 5. The monoisotopic (exact) mass is 413 g/mol. The first-order valence-electron chi connectivity index (χ1n) is 6.61. The molecule has 0 amide bonds. The number of aromatic nitrogens is 1. The Balaban J connectivity index is 0.00000242. The van der Waals surface area contributed by atoms with Gasteiger partial charge in [0.2, 0.25) is 5.75 Å². The first-order valence-corrected chi connectivity index (χ1v) is 6.61. The Kier molecular flexibility index (Phi) is 7.17. The lowest BCUT2D eigenvalue weighted by Gasteiger charge is -2.12. The van der Waals surface area contributed by atoms with Gasteiger partial charge in [0.05, 0.1) is 21.3 Å². The predicted molar refractivity (Wildman–Crippen MR) is 82.6 cm³/mol. The second-order valence-electron chi connectivity index (χ2n) is 4.59. The minimum atomic E-state index is 0. The van der Waals surface area contributed by atoms with Gasteiger partial charge in [-0.2, -0.15) is 0 Å². The van der Waals surface area contributed by atoms with Gasteiger partial charge in [-0.3, -0.25) is 0 Å². The molecule has 1 heterocycles. The fourth-order valence-electron chi connectivity index (χ4n) is 2.01. The van der Waals surface area contributed by atoms with Crippen LogP contribution in [0, 0.1) is 0 Å². The molecule has 1 aromatic carbocycles. The summed E-state index contributed by atoms with van der Waals surface area (Å²) in [5, 5.41) is 0. The number of hydrogen-bond donors (Lipinski definition) is 0. The molecule has 0 aliphatic heterocycles. The van der Waals surface area contributed by atoms with E-state index in [0.717, 1.165) is 11.1 Å². The summed E-state index contributed by atoms with van der Waals surface area (Å²) in [6.45, 7) is 0. The van der Waals surface area contributed by atoms with E-state index < -0.39 is 0 Å². The maximum atomic E-state index is 5.34. The molecular weight excluding hydrogens is 393 g/mol. The first-order chi connectivity index (χ1) is 10.2. The van der Waals surface area contributed by atoms with Crippen molar-refractivity contribution in [1.82, 2.24) is 0 Å². The van der Waals surface area contributed by atoms with Crippen molar-refractivity contribution >= 4 is 12.2 Å². The van der Waals surface area contributed by atoms with Crippen molar-refractivity contribution in [2.75, 3.05) is 21.3 Å². The van der Waals surface area contributed by atoms with Gasteiger partial charge >= 0.3 is 0 Å².